The van der Waals surface area contributed by atoms with Crippen LogP contribution in [0.1, 0.15) is 17.3 Å². The Balaban J connectivity index is 3.00. The highest BCUT2D eigenvalue weighted by Crippen LogP contribution is 2.17. The SMILES string of the molecule is CCN(CC(N)=NO)C(=O)c1cc(Br)ccc1F. The molecule has 1 aromatic carbocycles. The summed E-state index contributed by atoms with van der Waals surface area (Å²) in [6, 6.07) is 4.10. The third kappa shape index (κ3) is 3.43. The van der Waals surface area contributed by atoms with Crippen LogP contribution >= 0.6 is 15.9 Å². The molecule has 0 heterocycles. The van der Waals surface area contributed by atoms with Gasteiger partial charge in [-0.2, -0.15) is 0 Å². The van der Waals surface area contributed by atoms with Crippen molar-refractivity contribution < 1.29 is 14.4 Å². The lowest BCUT2D eigenvalue weighted by Crippen LogP contribution is -2.38. The number of hydrogen-bond acceptors (Lipinski definition) is 3. The minimum atomic E-state index is -0.610. The van der Waals surface area contributed by atoms with E-state index in [0.29, 0.717) is 11.0 Å². The maximum absolute atomic E-state index is 13.6. The number of amides is 1. The van der Waals surface area contributed by atoms with Crippen LogP contribution < -0.4 is 5.73 Å². The normalized spacial score (nSPS) is 11.4. The molecule has 0 aromatic heterocycles. The number of rotatable bonds is 4. The number of benzene rings is 1. The van der Waals surface area contributed by atoms with Crippen LogP contribution in [0, 0.1) is 5.82 Å². The third-order valence-corrected chi connectivity index (χ3v) is 2.80. The molecule has 7 heteroatoms. The molecule has 0 fully saturated rings. The molecule has 0 aliphatic heterocycles. The molecule has 0 saturated heterocycles. The van der Waals surface area contributed by atoms with E-state index in [0.717, 1.165) is 0 Å². The van der Waals surface area contributed by atoms with Gasteiger partial charge in [-0.1, -0.05) is 21.1 Å². The van der Waals surface area contributed by atoms with E-state index in [2.05, 4.69) is 21.1 Å². The first-order valence-corrected chi connectivity index (χ1v) is 5.99. The summed E-state index contributed by atoms with van der Waals surface area (Å²) in [6.45, 7) is 1.98. The van der Waals surface area contributed by atoms with Crippen LogP contribution in [0.15, 0.2) is 27.8 Å². The predicted molar refractivity (Wildman–Crippen MR) is 69.1 cm³/mol. The molecule has 0 spiro atoms. The Morgan fingerprint density at radius 3 is 2.83 bits per heavy atom. The first-order chi connectivity index (χ1) is 8.49. The van der Waals surface area contributed by atoms with Crippen LogP contribution in [0.25, 0.3) is 0 Å². The molecule has 5 nitrogen and oxygen atoms in total. The average molecular weight is 318 g/mol. The van der Waals surface area contributed by atoms with E-state index in [1.165, 1.54) is 23.1 Å². The zero-order valence-electron chi connectivity index (χ0n) is 9.73. The van der Waals surface area contributed by atoms with Crippen molar-refractivity contribution >= 4 is 27.7 Å². The lowest BCUT2D eigenvalue weighted by Gasteiger charge is -2.20. The predicted octanol–water partition coefficient (Wildman–Crippen LogP) is 1.80. The number of halogens is 2. The molecule has 0 atom stereocenters. The number of likely N-dealkylation sites (N-methyl/N-ethyl adjacent to an activating group) is 1. The minimum Gasteiger partial charge on any atom is -0.409 e. The largest absolute Gasteiger partial charge is 0.409 e. The van der Waals surface area contributed by atoms with Gasteiger partial charge in [0.2, 0.25) is 0 Å². The lowest BCUT2D eigenvalue weighted by atomic mass is 10.2. The zero-order chi connectivity index (χ0) is 13.7. The Morgan fingerprint density at radius 2 is 2.28 bits per heavy atom. The number of hydrogen-bond donors (Lipinski definition) is 2. The number of nitrogens with two attached hydrogens (primary N) is 1. The second-order valence-corrected chi connectivity index (χ2v) is 4.45. The quantitative estimate of drug-likeness (QED) is 0.384. The smallest absolute Gasteiger partial charge is 0.257 e. The Kier molecular flexibility index (Phi) is 5.08. The van der Waals surface area contributed by atoms with Crippen LogP contribution in [-0.4, -0.2) is 34.9 Å². The highest BCUT2D eigenvalue weighted by atomic mass is 79.9. The van der Waals surface area contributed by atoms with Crippen LogP contribution in [0.2, 0.25) is 0 Å². The first-order valence-electron chi connectivity index (χ1n) is 5.20. The summed E-state index contributed by atoms with van der Waals surface area (Å²) in [6.07, 6.45) is 0. The fourth-order valence-electron chi connectivity index (χ4n) is 1.39. The Bertz CT molecular complexity index is 479. The van der Waals surface area contributed by atoms with Crippen molar-refractivity contribution in [1.29, 1.82) is 0 Å². The van der Waals surface area contributed by atoms with Gasteiger partial charge in [-0.25, -0.2) is 4.39 Å². The number of amidine groups is 1. The van der Waals surface area contributed by atoms with Crippen LogP contribution in [0.3, 0.4) is 0 Å². The van der Waals surface area contributed by atoms with E-state index in [1.54, 1.807) is 6.92 Å². The number of oxime groups is 1. The van der Waals surface area contributed by atoms with Crippen molar-refractivity contribution in [1.82, 2.24) is 4.90 Å². The molecule has 1 amide bonds. The molecule has 0 unspecified atom stereocenters. The van der Waals surface area contributed by atoms with Crippen molar-refractivity contribution in [2.45, 2.75) is 6.92 Å². The molecule has 3 N–H and O–H groups in total. The second kappa shape index (κ2) is 6.34. The van der Waals surface area contributed by atoms with E-state index < -0.39 is 11.7 Å². The highest BCUT2D eigenvalue weighted by molar-refractivity contribution is 9.10. The summed E-state index contributed by atoms with van der Waals surface area (Å²) in [7, 11) is 0. The standard InChI is InChI=1S/C11H13BrFN3O2/c1-2-16(6-10(14)15-18)11(17)8-5-7(12)3-4-9(8)13/h3-5,18H,2,6H2,1H3,(H2,14,15). The van der Waals surface area contributed by atoms with E-state index >= 15 is 0 Å². The van der Waals surface area contributed by atoms with Crippen molar-refractivity contribution in [3.05, 3.63) is 34.1 Å². The van der Waals surface area contributed by atoms with Crippen molar-refractivity contribution in [3.63, 3.8) is 0 Å². The van der Waals surface area contributed by atoms with Crippen LogP contribution in [0.5, 0.6) is 0 Å². The monoisotopic (exact) mass is 317 g/mol. The zero-order valence-corrected chi connectivity index (χ0v) is 11.3. The third-order valence-electron chi connectivity index (χ3n) is 2.31. The van der Waals surface area contributed by atoms with Gasteiger partial charge < -0.3 is 15.8 Å². The van der Waals surface area contributed by atoms with Gasteiger partial charge in [0.15, 0.2) is 5.84 Å². The molecular formula is C11H13BrFN3O2. The number of carbonyl (C=O) groups is 1. The van der Waals surface area contributed by atoms with Crippen LogP contribution in [0.4, 0.5) is 4.39 Å². The molecule has 0 aliphatic rings. The summed E-state index contributed by atoms with van der Waals surface area (Å²) < 4.78 is 14.2. The van der Waals surface area contributed by atoms with E-state index in [4.69, 9.17) is 10.9 Å². The summed E-state index contributed by atoms with van der Waals surface area (Å²) >= 11 is 3.17. The van der Waals surface area contributed by atoms with Gasteiger partial charge in [0.25, 0.3) is 5.91 Å². The van der Waals surface area contributed by atoms with E-state index in [-0.39, 0.29) is 17.9 Å². The summed E-state index contributed by atoms with van der Waals surface area (Å²) in [5.41, 5.74) is 5.28. The van der Waals surface area contributed by atoms with Gasteiger partial charge in [-0.15, -0.1) is 0 Å². The molecule has 1 rings (SSSR count). The maximum Gasteiger partial charge on any atom is 0.257 e. The van der Waals surface area contributed by atoms with Crippen molar-refractivity contribution in [3.8, 4) is 0 Å². The van der Waals surface area contributed by atoms with Gasteiger partial charge >= 0.3 is 0 Å². The van der Waals surface area contributed by atoms with E-state index in [9.17, 15) is 9.18 Å². The van der Waals surface area contributed by atoms with Gasteiger partial charge in [0.1, 0.15) is 5.82 Å². The number of nitrogens with zero attached hydrogens (tertiary/aromatic N) is 2. The molecule has 18 heavy (non-hydrogen) atoms. The highest BCUT2D eigenvalue weighted by Gasteiger charge is 2.19. The minimum absolute atomic E-state index is 0.0578. The van der Waals surface area contributed by atoms with Gasteiger partial charge in [-0.3, -0.25) is 4.79 Å². The molecule has 0 radical (unpaired) electrons. The topological polar surface area (TPSA) is 78.9 Å². The second-order valence-electron chi connectivity index (χ2n) is 3.53. The van der Waals surface area contributed by atoms with Gasteiger partial charge in [0.05, 0.1) is 12.1 Å². The summed E-state index contributed by atoms with van der Waals surface area (Å²) in [4.78, 5) is 13.4. The molecule has 0 bridgehead atoms. The Hall–Kier alpha value is -1.63. The maximum atomic E-state index is 13.6. The van der Waals surface area contributed by atoms with Gasteiger partial charge in [0, 0.05) is 11.0 Å². The average Bonchev–Trinajstić information content (AvgIpc) is 2.37. The van der Waals surface area contributed by atoms with Gasteiger partial charge in [-0.05, 0) is 25.1 Å². The summed E-state index contributed by atoms with van der Waals surface area (Å²) in [5.74, 6) is -1.23. The number of carbonyl (C=O) groups excluding carboxylic acids is 1. The van der Waals surface area contributed by atoms with Crippen LogP contribution in [-0.2, 0) is 0 Å². The summed E-state index contributed by atoms with van der Waals surface area (Å²) in [5, 5.41) is 11.3. The fraction of sp³-hybridized carbons (Fsp3) is 0.273. The molecule has 98 valence electrons. The van der Waals surface area contributed by atoms with E-state index in [1.807, 2.05) is 0 Å². The molecule has 0 saturated carbocycles. The Morgan fingerprint density at radius 1 is 1.61 bits per heavy atom. The Labute approximate surface area is 112 Å². The van der Waals surface area contributed by atoms with Crippen molar-refractivity contribution in [2.24, 2.45) is 10.9 Å². The first kappa shape index (κ1) is 14.4. The fourth-order valence-corrected chi connectivity index (χ4v) is 1.75. The lowest BCUT2D eigenvalue weighted by molar-refractivity contribution is 0.0781. The molecular weight excluding hydrogens is 305 g/mol. The van der Waals surface area contributed by atoms with Crippen molar-refractivity contribution in [2.75, 3.05) is 13.1 Å². The molecule has 0 aliphatic carbocycles. The molecule has 1 aromatic rings.